The molecule has 33 heavy (non-hydrogen) atoms. The number of hydrogen-bond donors (Lipinski definition) is 2. The van der Waals surface area contributed by atoms with Crippen molar-refractivity contribution in [3.8, 4) is 23.1 Å². The summed E-state index contributed by atoms with van der Waals surface area (Å²) in [5.74, 6) is 1.16. The molecule has 0 saturated heterocycles. The van der Waals surface area contributed by atoms with Gasteiger partial charge in [-0.2, -0.15) is 0 Å². The topological polar surface area (TPSA) is 139 Å². The zero-order valence-electron chi connectivity index (χ0n) is 18.2. The average Bonchev–Trinajstić information content (AvgIpc) is 3.21. The van der Waals surface area contributed by atoms with Crippen molar-refractivity contribution in [2.75, 3.05) is 24.7 Å². The second kappa shape index (κ2) is 8.87. The summed E-state index contributed by atoms with van der Waals surface area (Å²) in [4.78, 5) is 4.08. The maximum absolute atomic E-state index is 13.2. The summed E-state index contributed by atoms with van der Waals surface area (Å²) in [5.41, 5.74) is 7.25. The van der Waals surface area contributed by atoms with E-state index in [4.69, 9.17) is 24.5 Å². The van der Waals surface area contributed by atoms with Crippen LogP contribution in [0.2, 0.25) is 0 Å². The summed E-state index contributed by atoms with van der Waals surface area (Å²) >= 11 is 0. The van der Waals surface area contributed by atoms with Crippen LogP contribution in [0, 0.1) is 0 Å². The van der Waals surface area contributed by atoms with Crippen molar-refractivity contribution in [1.82, 2.24) is 10.1 Å². The lowest BCUT2D eigenvalue weighted by atomic mass is 10.2. The van der Waals surface area contributed by atoms with Crippen LogP contribution >= 0.6 is 0 Å². The highest BCUT2D eigenvalue weighted by molar-refractivity contribution is 7.92. The molecule has 0 aliphatic heterocycles. The minimum Gasteiger partial charge on any atom is -0.496 e. The normalized spacial score (nSPS) is 11.4. The summed E-state index contributed by atoms with van der Waals surface area (Å²) in [7, 11) is -1.19. The fraction of sp³-hybridized carbons (Fsp3) is 0.182. The van der Waals surface area contributed by atoms with Crippen LogP contribution in [0.5, 0.6) is 23.1 Å². The molecule has 0 aliphatic rings. The Hall–Kier alpha value is -3.99. The minimum absolute atomic E-state index is 0.00570. The van der Waals surface area contributed by atoms with E-state index in [0.29, 0.717) is 34.9 Å². The smallest absolute Gasteiger partial charge is 0.266 e. The van der Waals surface area contributed by atoms with Crippen LogP contribution in [0.15, 0.2) is 58.1 Å². The van der Waals surface area contributed by atoms with Crippen molar-refractivity contribution in [3.05, 3.63) is 54.2 Å². The number of aromatic nitrogens is 2. The van der Waals surface area contributed by atoms with Crippen molar-refractivity contribution in [1.29, 1.82) is 0 Å². The highest BCUT2D eigenvalue weighted by Gasteiger charge is 2.25. The monoisotopic (exact) mass is 470 g/mol. The molecule has 2 aromatic heterocycles. The van der Waals surface area contributed by atoms with Gasteiger partial charge in [-0.3, -0.25) is 4.72 Å². The third-order valence-corrected chi connectivity index (χ3v) is 6.23. The van der Waals surface area contributed by atoms with E-state index < -0.39 is 10.0 Å². The molecule has 0 radical (unpaired) electrons. The van der Waals surface area contributed by atoms with Crippen LogP contribution in [0.3, 0.4) is 0 Å². The van der Waals surface area contributed by atoms with Crippen molar-refractivity contribution in [3.63, 3.8) is 0 Å². The highest BCUT2D eigenvalue weighted by atomic mass is 32.2. The first kappa shape index (κ1) is 22.2. The van der Waals surface area contributed by atoms with Crippen LogP contribution in [-0.2, 0) is 16.4 Å². The SMILES string of the molecule is CCc1ccc(OC)c(S(=O)(=O)Nc2noc3cc(Oc4ccc(N)cn4)cc(OC)c23)c1. The van der Waals surface area contributed by atoms with Gasteiger partial charge >= 0.3 is 0 Å². The number of rotatable bonds is 8. The molecule has 0 saturated carbocycles. The molecule has 2 heterocycles. The number of sulfonamides is 1. The minimum atomic E-state index is -4.04. The first-order valence-electron chi connectivity index (χ1n) is 9.91. The second-order valence-corrected chi connectivity index (χ2v) is 8.66. The van der Waals surface area contributed by atoms with Gasteiger partial charge in [0.15, 0.2) is 11.4 Å². The molecule has 4 rings (SSSR count). The molecule has 2 aromatic carbocycles. The lowest BCUT2D eigenvalue weighted by Gasteiger charge is -2.12. The lowest BCUT2D eigenvalue weighted by molar-refractivity contribution is 0.402. The van der Waals surface area contributed by atoms with E-state index in [2.05, 4.69) is 14.9 Å². The molecular formula is C22H22N4O6S. The summed E-state index contributed by atoms with van der Waals surface area (Å²) < 4.78 is 50.6. The maximum Gasteiger partial charge on any atom is 0.266 e. The molecule has 4 aromatic rings. The Kier molecular flexibility index (Phi) is 5.97. The molecule has 0 atom stereocenters. The van der Waals surface area contributed by atoms with Crippen LogP contribution < -0.4 is 24.7 Å². The molecule has 0 unspecified atom stereocenters. The Morgan fingerprint density at radius 2 is 1.85 bits per heavy atom. The van der Waals surface area contributed by atoms with E-state index in [-0.39, 0.29) is 22.0 Å². The number of ether oxygens (including phenoxy) is 3. The number of methoxy groups -OCH3 is 2. The van der Waals surface area contributed by atoms with Crippen molar-refractivity contribution >= 4 is 32.5 Å². The number of nitrogen functional groups attached to an aromatic ring is 1. The number of anilines is 2. The van der Waals surface area contributed by atoms with Gasteiger partial charge in [-0.15, -0.1) is 0 Å². The maximum atomic E-state index is 13.2. The van der Waals surface area contributed by atoms with E-state index >= 15 is 0 Å². The summed E-state index contributed by atoms with van der Waals surface area (Å²) in [6.45, 7) is 1.93. The summed E-state index contributed by atoms with van der Waals surface area (Å²) in [6.07, 6.45) is 2.13. The third kappa shape index (κ3) is 4.48. The summed E-state index contributed by atoms with van der Waals surface area (Å²) in [5, 5.41) is 4.24. The third-order valence-electron chi connectivity index (χ3n) is 4.87. The van der Waals surface area contributed by atoms with Crippen molar-refractivity contribution in [2.24, 2.45) is 0 Å². The molecule has 3 N–H and O–H groups in total. The van der Waals surface area contributed by atoms with Crippen molar-refractivity contribution < 1.29 is 27.2 Å². The molecule has 11 heteroatoms. The predicted molar refractivity (Wildman–Crippen MR) is 122 cm³/mol. The lowest BCUT2D eigenvalue weighted by Crippen LogP contribution is -2.15. The Labute approximate surface area is 190 Å². The Morgan fingerprint density at radius 3 is 2.52 bits per heavy atom. The molecule has 0 bridgehead atoms. The van der Waals surface area contributed by atoms with E-state index in [1.54, 1.807) is 36.4 Å². The van der Waals surface area contributed by atoms with Gasteiger partial charge in [0.05, 0.1) is 26.1 Å². The van der Waals surface area contributed by atoms with E-state index in [1.807, 2.05) is 13.0 Å². The van der Waals surface area contributed by atoms with E-state index in [1.165, 1.54) is 20.4 Å². The molecule has 0 fully saturated rings. The van der Waals surface area contributed by atoms with Crippen LogP contribution in [-0.4, -0.2) is 32.8 Å². The number of pyridine rings is 1. The van der Waals surface area contributed by atoms with Gasteiger partial charge in [-0.25, -0.2) is 13.4 Å². The standard InChI is InChI=1S/C22H22N4O6S/c1-4-13-5-7-16(29-2)19(9-13)33(27,28)26-22-21-17(30-3)10-15(11-18(21)32-25-22)31-20-8-6-14(23)12-24-20/h5-12H,4,23H2,1-3H3,(H,25,26). The number of nitrogens with two attached hydrogens (primary N) is 1. The zero-order chi connectivity index (χ0) is 23.6. The molecule has 172 valence electrons. The van der Waals surface area contributed by atoms with Gasteiger partial charge in [0.1, 0.15) is 27.5 Å². The zero-order valence-corrected chi connectivity index (χ0v) is 19.0. The van der Waals surface area contributed by atoms with Gasteiger partial charge < -0.3 is 24.5 Å². The van der Waals surface area contributed by atoms with E-state index in [9.17, 15) is 8.42 Å². The summed E-state index contributed by atoms with van der Waals surface area (Å²) in [6, 6.07) is 11.4. The molecule has 10 nitrogen and oxygen atoms in total. The number of hydrogen-bond acceptors (Lipinski definition) is 9. The first-order chi connectivity index (χ1) is 15.8. The average molecular weight is 471 g/mol. The van der Waals surface area contributed by atoms with Gasteiger partial charge in [0, 0.05) is 18.2 Å². The van der Waals surface area contributed by atoms with Crippen LogP contribution in [0.1, 0.15) is 12.5 Å². The highest BCUT2D eigenvalue weighted by Crippen LogP contribution is 2.38. The Bertz CT molecular complexity index is 1400. The number of fused-ring (bicyclic) bond motifs is 1. The van der Waals surface area contributed by atoms with Crippen LogP contribution in [0.25, 0.3) is 11.0 Å². The van der Waals surface area contributed by atoms with Crippen molar-refractivity contribution in [2.45, 2.75) is 18.2 Å². The predicted octanol–water partition coefficient (Wildman–Crippen LogP) is 3.98. The fourth-order valence-electron chi connectivity index (χ4n) is 3.21. The van der Waals surface area contributed by atoms with Crippen LogP contribution in [0.4, 0.5) is 11.5 Å². The Balaban J connectivity index is 1.71. The van der Waals surface area contributed by atoms with Gasteiger partial charge in [-0.05, 0) is 30.2 Å². The number of benzene rings is 2. The number of nitrogens with zero attached hydrogens (tertiary/aromatic N) is 2. The molecule has 0 aliphatic carbocycles. The first-order valence-corrected chi connectivity index (χ1v) is 11.4. The van der Waals surface area contributed by atoms with Gasteiger partial charge in [0.25, 0.3) is 10.0 Å². The molecule has 0 amide bonds. The van der Waals surface area contributed by atoms with E-state index in [0.717, 1.165) is 5.56 Å². The Morgan fingerprint density at radius 1 is 1.06 bits per heavy atom. The number of nitrogens with one attached hydrogen (secondary N) is 1. The number of aryl methyl sites for hydroxylation is 1. The quantitative estimate of drug-likeness (QED) is 0.391. The van der Waals surface area contributed by atoms with Gasteiger partial charge in [-0.1, -0.05) is 18.1 Å². The second-order valence-electron chi connectivity index (χ2n) is 7.01. The molecule has 0 spiro atoms. The molecular weight excluding hydrogens is 448 g/mol. The largest absolute Gasteiger partial charge is 0.496 e. The fourth-order valence-corrected chi connectivity index (χ4v) is 4.43. The van der Waals surface area contributed by atoms with Gasteiger partial charge in [0.2, 0.25) is 5.88 Å².